The number of anilines is 2. The molecule has 0 atom stereocenters. The van der Waals surface area contributed by atoms with Gasteiger partial charge in [-0.25, -0.2) is 0 Å². The van der Waals surface area contributed by atoms with E-state index in [2.05, 4.69) is 12.1 Å². The molecule has 4 N–H and O–H groups in total. The molecule has 0 fully saturated rings. The SMILES string of the molecule is CCOc1c(N)cccc1[Te]c1cccc(N)c1OCC. The van der Waals surface area contributed by atoms with Gasteiger partial charge in [-0.2, -0.15) is 0 Å². The summed E-state index contributed by atoms with van der Waals surface area (Å²) in [6.45, 7) is 5.12. The van der Waals surface area contributed by atoms with E-state index in [9.17, 15) is 0 Å². The van der Waals surface area contributed by atoms with Gasteiger partial charge in [0.15, 0.2) is 0 Å². The Bertz CT molecular complexity index is 564. The number of hydrogen-bond acceptors (Lipinski definition) is 4. The monoisotopic (exact) mass is 402 g/mol. The molecule has 0 radical (unpaired) electrons. The fourth-order valence-electron chi connectivity index (χ4n) is 1.94. The molecule has 0 spiro atoms. The molecule has 0 saturated heterocycles. The van der Waals surface area contributed by atoms with E-state index in [0.717, 1.165) is 18.7 Å². The van der Waals surface area contributed by atoms with E-state index < -0.39 is 20.9 Å². The van der Waals surface area contributed by atoms with E-state index in [0.29, 0.717) is 24.6 Å². The van der Waals surface area contributed by atoms with Crippen LogP contribution in [-0.2, 0) is 0 Å². The first-order valence-corrected chi connectivity index (χ1v) is 9.20. The molecule has 21 heavy (non-hydrogen) atoms. The van der Waals surface area contributed by atoms with Crippen molar-refractivity contribution in [2.45, 2.75) is 13.8 Å². The number of para-hydroxylation sites is 2. The maximum absolute atomic E-state index is 6.03. The average molecular weight is 400 g/mol. The van der Waals surface area contributed by atoms with E-state index in [4.69, 9.17) is 20.9 Å². The van der Waals surface area contributed by atoms with Crippen molar-refractivity contribution in [3.05, 3.63) is 36.4 Å². The van der Waals surface area contributed by atoms with Crippen LogP contribution < -0.4 is 28.2 Å². The van der Waals surface area contributed by atoms with Crippen molar-refractivity contribution in [1.82, 2.24) is 0 Å². The zero-order chi connectivity index (χ0) is 15.2. The van der Waals surface area contributed by atoms with E-state index in [1.165, 1.54) is 0 Å². The van der Waals surface area contributed by atoms with Crippen molar-refractivity contribution in [1.29, 1.82) is 0 Å². The number of nitrogens with two attached hydrogens (primary N) is 2. The summed E-state index contributed by atoms with van der Waals surface area (Å²) in [6.07, 6.45) is 0. The Labute approximate surface area is 135 Å². The van der Waals surface area contributed by atoms with Crippen molar-refractivity contribution in [3.63, 3.8) is 0 Å². The number of benzene rings is 2. The van der Waals surface area contributed by atoms with Crippen LogP contribution in [-0.4, -0.2) is 34.1 Å². The molecule has 0 aliphatic rings. The molecule has 0 aromatic heterocycles. The molecule has 2 rings (SSSR count). The third-order valence-corrected chi connectivity index (χ3v) is 5.91. The van der Waals surface area contributed by atoms with Gasteiger partial charge >= 0.3 is 135 Å². The molecule has 0 amide bonds. The van der Waals surface area contributed by atoms with Crippen LogP contribution in [0.15, 0.2) is 36.4 Å². The zero-order valence-electron chi connectivity index (χ0n) is 12.3. The van der Waals surface area contributed by atoms with Crippen molar-refractivity contribution in [2.75, 3.05) is 24.7 Å². The van der Waals surface area contributed by atoms with E-state index in [-0.39, 0.29) is 0 Å². The van der Waals surface area contributed by atoms with Gasteiger partial charge in [0.05, 0.1) is 0 Å². The third kappa shape index (κ3) is 3.75. The Morgan fingerprint density at radius 3 is 1.62 bits per heavy atom. The Kier molecular flexibility index (Phi) is 5.60. The van der Waals surface area contributed by atoms with Crippen LogP contribution in [0.5, 0.6) is 11.5 Å². The van der Waals surface area contributed by atoms with Crippen LogP contribution in [0.25, 0.3) is 0 Å². The summed E-state index contributed by atoms with van der Waals surface area (Å²) in [4.78, 5) is 0. The summed E-state index contributed by atoms with van der Waals surface area (Å²) >= 11 is -0.692. The topological polar surface area (TPSA) is 70.5 Å². The Balaban J connectivity index is 2.39. The molecule has 0 saturated carbocycles. The predicted molar refractivity (Wildman–Crippen MR) is 89.1 cm³/mol. The Morgan fingerprint density at radius 2 is 1.24 bits per heavy atom. The fraction of sp³-hybridized carbons (Fsp3) is 0.250. The first-order valence-electron chi connectivity index (χ1n) is 6.87. The molecule has 4 nitrogen and oxygen atoms in total. The number of hydrogen-bond donors (Lipinski definition) is 2. The molecule has 2 aromatic carbocycles. The van der Waals surface area contributed by atoms with Gasteiger partial charge in [0.2, 0.25) is 0 Å². The quantitative estimate of drug-likeness (QED) is 0.567. The molecule has 0 bridgehead atoms. The number of nitrogen functional groups attached to an aromatic ring is 2. The first-order chi connectivity index (χ1) is 10.2. The molecular formula is C16H20N2O2Te. The molecule has 5 heteroatoms. The summed E-state index contributed by atoms with van der Waals surface area (Å²) in [6, 6.07) is 11.8. The van der Waals surface area contributed by atoms with Gasteiger partial charge < -0.3 is 0 Å². The predicted octanol–water partition coefficient (Wildman–Crippen LogP) is 1.30. The van der Waals surface area contributed by atoms with Gasteiger partial charge in [-0.05, 0) is 0 Å². The second-order valence-corrected chi connectivity index (χ2v) is 7.41. The van der Waals surface area contributed by atoms with Crippen molar-refractivity contribution in [2.24, 2.45) is 0 Å². The van der Waals surface area contributed by atoms with Crippen LogP contribution in [0.1, 0.15) is 13.8 Å². The Morgan fingerprint density at radius 1 is 0.810 bits per heavy atom. The standard InChI is InChI=1S/C16H20N2O2Te/c1-3-19-15-11(17)7-5-9-13(15)21-14-10-6-8-12(18)16(14)20-4-2/h5-10H,3-4,17-18H2,1-2H3. The summed E-state index contributed by atoms with van der Waals surface area (Å²) in [5.74, 6) is 1.60. The van der Waals surface area contributed by atoms with Gasteiger partial charge in [0.1, 0.15) is 0 Å². The van der Waals surface area contributed by atoms with E-state index >= 15 is 0 Å². The van der Waals surface area contributed by atoms with Crippen LogP contribution in [0.4, 0.5) is 11.4 Å². The van der Waals surface area contributed by atoms with Crippen molar-refractivity contribution < 1.29 is 9.47 Å². The van der Waals surface area contributed by atoms with Gasteiger partial charge in [0.25, 0.3) is 0 Å². The van der Waals surface area contributed by atoms with Crippen LogP contribution in [0, 0.1) is 0 Å². The molecule has 0 aliphatic heterocycles. The fourth-order valence-corrected chi connectivity index (χ4v) is 4.99. The van der Waals surface area contributed by atoms with Gasteiger partial charge in [-0.1, -0.05) is 0 Å². The average Bonchev–Trinajstić information content (AvgIpc) is 2.46. The van der Waals surface area contributed by atoms with Crippen molar-refractivity contribution >= 4 is 39.5 Å². The zero-order valence-corrected chi connectivity index (χ0v) is 14.6. The maximum atomic E-state index is 6.03. The second kappa shape index (κ2) is 7.44. The summed E-state index contributed by atoms with van der Waals surface area (Å²) in [5.41, 5.74) is 13.4. The van der Waals surface area contributed by atoms with Crippen molar-refractivity contribution in [3.8, 4) is 11.5 Å². The van der Waals surface area contributed by atoms with Gasteiger partial charge in [-0.15, -0.1) is 0 Å². The molecular weight excluding hydrogens is 380 g/mol. The third-order valence-electron chi connectivity index (χ3n) is 2.82. The summed E-state index contributed by atoms with van der Waals surface area (Å²) in [7, 11) is 0. The van der Waals surface area contributed by atoms with Crippen LogP contribution >= 0.6 is 0 Å². The Hall–Kier alpha value is -1.57. The van der Waals surface area contributed by atoms with E-state index in [1.807, 2.05) is 38.1 Å². The second-order valence-electron chi connectivity index (χ2n) is 4.32. The molecule has 0 unspecified atom stereocenters. The van der Waals surface area contributed by atoms with Gasteiger partial charge in [0, 0.05) is 0 Å². The van der Waals surface area contributed by atoms with Crippen LogP contribution in [0.3, 0.4) is 0 Å². The molecule has 2 aromatic rings. The number of rotatable bonds is 6. The molecule has 0 aliphatic carbocycles. The minimum absolute atomic E-state index is 0.601. The normalized spacial score (nSPS) is 10.4. The first kappa shape index (κ1) is 15.8. The molecule has 112 valence electrons. The van der Waals surface area contributed by atoms with Gasteiger partial charge in [-0.3, -0.25) is 0 Å². The van der Waals surface area contributed by atoms with E-state index in [1.54, 1.807) is 0 Å². The minimum atomic E-state index is -0.692. The number of ether oxygens (including phenoxy) is 2. The summed E-state index contributed by atoms with van der Waals surface area (Å²) in [5, 5.41) is 0. The summed E-state index contributed by atoms with van der Waals surface area (Å²) < 4.78 is 13.7. The molecule has 0 heterocycles. The van der Waals surface area contributed by atoms with Crippen LogP contribution in [0.2, 0.25) is 0 Å².